The second kappa shape index (κ2) is 7.05. The number of aromatic nitrogens is 2. The lowest BCUT2D eigenvalue weighted by molar-refractivity contribution is -0.114. The van der Waals surface area contributed by atoms with Gasteiger partial charge in [-0.25, -0.2) is 23.1 Å². The van der Waals surface area contributed by atoms with E-state index in [0.29, 0.717) is 13.2 Å². The molecule has 2 saturated heterocycles. The Morgan fingerprint density at radius 1 is 1.40 bits per heavy atom. The van der Waals surface area contributed by atoms with Gasteiger partial charge >= 0.3 is 0 Å². The molecule has 1 N–H and O–H groups in total. The largest absolute Gasteiger partial charge is 0.371 e. The quantitative estimate of drug-likeness (QED) is 0.780. The molecule has 3 heterocycles. The van der Waals surface area contributed by atoms with E-state index in [1.54, 1.807) is 13.3 Å². The van der Waals surface area contributed by atoms with Crippen molar-refractivity contribution in [1.82, 2.24) is 14.7 Å². The van der Waals surface area contributed by atoms with E-state index in [4.69, 9.17) is 4.74 Å². The van der Waals surface area contributed by atoms with Crippen LogP contribution in [0.1, 0.15) is 19.8 Å². The van der Waals surface area contributed by atoms with Crippen LogP contribution in [0.3, 0.4) is 0 Å². The fourth-order valence-corrected chi connectivity index (χ4v) is 3.93. The first-order valence-electron chi connectivity index (χ1n) is 8.68. The zero-order chi connectivity index (χ0) is 18.1. The van der Waals surface area contributed by atoms with E-state index in [9.17, 15) is 8.42 Å². The second-order valence-electron chi connectivity index (χ2n) is 7.14. The van der Waals surface area contributed by atoms with Crippen molar-refractivity contribution in [1.29, 1.82) is 0 Å². The molecule has 8 nitrogen and oxygen atoms in total. The molecular formula is C16H27N5O3S. The molecule has 0 amide bonds. The number of nitrogens with one attached hydrogen (secondary N) is 1. The molecule has 1 spiro atoms. The minimum Gasteiger partial charge on any atom is -0.371 e. The van der Waals surface area contributed by atoms with Crippen molar-refractivity contribution in [3.05, 3.63) is 12.4 Å². The summed E-state index contributed by atoms with van der Waals surface area (Å²) >= 11 is 0. The highest BCUT2D eigenvalue weighted by Crippen LogP contribution is 2.38. The maximum atomic E-state index is 11.5. The van der Waals surface area contributed by atoms with E-state index >= 15 is 0 Å². The molecule has 3 rings (SSSR count). The van der Waals surface area contributed by atoms with Crippen LogP contribution in [0.15, 0.2) is 12.4 Å². The maximum absolute atomic E-state index is 11.5. The lowest BCUT2D eigenvalue weighted by Gasteiger charge is -2.53. The summed E-state index contributed by atoms with van der Waals surface area (Å²) in [5, 5.41) is 0. The van der Waals surface area contributed by atoms with E-state index in [-0.39, 0.29) is 17.3 Å². The lowest BCUT2D eigenvalue weighted by atomic mass is 9.83. The Balaban J connectivity index is 1.49. The molecule has 25 heavy (non-hydrogen) atoms. The van der Waals surface area contributed by atoms with Crippen molar-refractivity contribution in [2.24, 2.45) is 5.92 Å². The summed E-state index contributed by atoms with van der Waals surface area (Å²) in [5.74, 6) is 2.18. The Labute approximate surface area is 149 Å². The molecule has 9 heteroatoms. The first-order chi connectivity index (χ1) is 11.8. The van der Waals surface area contributed by atoms with Gasteiger partial charge in [0.2, 0.25) is 10.0 Å². The fourth-order valence-electron chi connectivity index (χ4n) is 3.24. The molecule has 1 aromatic heterocycles. The van der Waals surface area contributed by atoms with Gasteiger partial charge < -0.3 is 14.5 Å². The number of ether oxygens (including phenoxy) is 1. The number of hydrogen-bond donors (Lipinski definition) is 1. The molecule has 0 aromatic carbocycles. The highest BCUT2D eigenvalue weighted by atomic mass is 32.2. The first kappa shape index (κ1) is 18.3. The highest BCUT2D eigenvalue weighted by molar-refractivity contribution is 7.89. The van der Waals surface area contributed by atoms with Crippen molar-refractivity contribution in [2.75, 3.05) is 55.9 Å². The number of rotatable bonds is 6. The summed E-state index contributed by atoms with van der Waals surface area (Å²) < 4.78 is 31.8. The van der Waals surface area contributed by atoms with E-state index < -0.39 is 10.0 Å². The summed E-state index contributed by atoms with van der Waals surface area (Å²) in [6, 6.07) is 1.98. The van der Waals surface area contributed by atoms with Crippen LogP contribution in [0.25, 0.3) is 0 Å². The SMILES string of the molecule is CCS(=O)(=O)NC[C@H]1CCC2(CN(c3cc(N(C)C)ncn3)C2)OC1. The summed E-state index contributed by atoms with van der Waals surface area (Å²) in [6.45, 7) is 4.36. The predicted molar refractivity (Wildman–Crippen MR) is 97.4 cm³/mol. The van der Waals surface area contributed by atoms with E-state index in [1.165, 1.54) is 0 Å². The van der Waals surface area contributed by atoms with Gasteiger partial charge in [-0.1, -0.05) is 0 Å². The van der Waals surface area contributed by atoms with Crippen LogP contribution in [0.4, 0.5) is 11.6 Å². The molecular weight excluding hydrogens is 342 g/mol. The minimum absolute atomic E-state index is 0.108. The van der Waals surface area contributed by atoms with Gasteiger partial charge in [-0.05, 0) is 25.7 Å². The second-order valence-corrected chi connectivity index (χ2v) is 9.23. The molecule has 140 valence electrons. The molecule has 1 aromatic rings. The number of nitrogens with zero attached hydrogens (tertiary/aromatic N) is 4. The Kier molecular flexibility index (Phi) is 5.17. The van der Waals surface area contributed by atoms with Gasteiger partial charge in [0.15, 0.2) is 0 Å². The van der Waals surface area contributed by atoms with Crippen molar-refractivity contribution in [3.8, 4) is 0 Å². The molecule has 0 bridgehead atoms. The highest BCUT2D eigenvalue weighted by Gasteiger charge is 2.47. The number of anilines is 2. The average molecular weight is 369 g/mol. The van der Waals surface area contributed by atoms with Crippen LogP contribution in [0.2, 0.25) is 0 Å². The molecule has 2 fully saturated rings. The van der Waals surface area contributed by atoms with Gasteiger partial charge in [0.05, 0.1) is 25.4 Å². The predicted octanol–water partition coefficient (Wildman–Crippen LogP) is 0.467. The van der Waals surface area contributed by atoms with E-state index in [0.717, 1.165) is 37.6 Å². The smallest absolute Gasteiger partial charge is 0.211 e. The van der Waals surface area contributed by atoms with Gasteiger partial charge in [0, 0.05) is 26.7 Å². The molecule has 1 atom stereocenters. The zero-order valence-corrected chi connectivity index (χ0v) is 15.9. The number of sulfonamides is 1. The Bertz CT molecular complexity index is 693. The Hall–Kier alpha value is -1.45. The van der Waals surface area contributed by atoms with E-state index in [1.807, 2.05) is 25.1 Å². The van der Waals surface area contributed by atoms with Gasteiger partial charge in [0.1, 0.15) is 23.6 Å². The normalized spacial score (nSPS) is 22.7. The minimum atomic E-state index is -3.13. The van der Waals surface area contributed by atoms with Gasteiger partial charge in [-0.15, -0.1) is 0 Å². The van der Waals surface area contributed by atoms with Crippen LogP contribution >= 0.6 is 0 Å². The average Bonchev–Trinajstić information content (AvgIpc) is 2.58. The van der Waals surface area contributed by atoms with E-state index in [2.05, 4.69) is 19.6 Å². The van der Waals surface area contributed by atoms with Crippen LogP contribution in [-0.4, -0.2) is 70.1 Å². The third-order valence-corrected chi connectivity index (χ3v) is 6.35. The Morgan fingerprint density at radius 2 is 2.16 bits per heavy atom. The molecule has 0 aliphatic carbocycles. The fraction of sp³-hybridized carbons (Fsp3) is 0.750. The number of hydrogen-bond acceptors (Lipinski definition) is 7. The molecule has 2 aliphatic heterocycles. The Morgan fingerprint density at radius 3 is 2.76 bits per heavy atom. The monoisotopic (exact) mass is 369 g/mol. The summed E-state index contributed by atoms with van der Waals surface area (Å²) in [6.07, 6.45) is 3.52. The van der Waals surface area contributed by atoms with Crippen molar-refractivity contribution in [2.45, 2.75) is 25.4 Å². The standard InChI is InChI=1S/C16H27N5O3S/c1-4-25(22,23)19-8-13-5-6-16(24-9-13)10-21(11-16)15-7-14(20(2)3)17-12-18-15/h7,12-13,19H,4-6,8-11H2,1-3H3/t13-/m1/s1. The van der Waals surface area contributed by atoms with Crippen molar-refractivity contribution < 1.29 is 13.2 Å². The lowest BCUT2D eigenvalue weighted by Crippen LogP contribution is -2.65. The first-order valence-corrected chi connectivity index (χ1v) is 10.3. The third kappa shape index (κ3) is 4.21. The molecule has 2 aliphatic rings. The van der Waals surface area contributed by atoms with Crippen LogP contribution in [0, 0.1) is 5.92 Å². The van der Waals surface area contributed by atoms with Gasteiger partial charge in [-0.2, -0.15) is 0 Å². The van der Waals surface area contributed by atoms with Gasteiger partial charge in [-0.3, -0.25) is 0 Å². The zero-order valence-electron chi connectivity index (χ0n) is 15.1. The van der Waals surface area contributed by atoms with Crippen molar-refractivity contribution >= 4 is 21.7 Å². The molecule has 0 saturated carbocycles. The molecule has 0 radical (unpaired) electrons. The third-order valence-electron chi connectivity index (χ3n) is 4.98. The topological polar surface area (TPSA) is 87.7 Å². The summed E-state index contributed by atoms with van der Waals surface area (Å²) in [7, 11) is 0.791. The van der Waals surface area contributed by atoms with Crippen molar-refractivity contribution in [3.63, 3.8) is 0 Å². The van der Waals surface area contributed by atoms with Crippen LogP contribution in [0.5, 0.6) is 0 Å². The summed E-state index contributed by atoms with van der Waals surface area (Å²) in [5.41, 5.74) is -0.108. The van der Waals surface area contributed by atoms with Crippen LogP contribution in [-0.2, 0) is 14.8 Å². The maximum Gasteiger partial charge on any atom is 0.211 e. The van der Waals surface area contributed by atoms with Crippen LogP contribution < -0.4 is 14.5 Å². The summed E-state index contributed by atoms with van der Waals surface area (Å²) in [4.78, 5) is 12.8. The van der Waals surface area contributed by atoms with Gasteiger partial charge in [0.25, 0.3) is 0 Å². The molecule has 0 unspecified atom stereocenters.